The van der Waals surface area contributed by atoms with Crippen molar-refractivity contribution in [2.24, 2.45) is 5.73 Å². The Morgan fingerprint density at radius 2 is 1.94 bits per heavy atom. The molecule has 2 aromatic heterocycles. The fraction of sp³-hybridized carbons (Fsp3) is 0.391. The van der Waals surface area contributed by atoms with Crippen molar-refractivity contribution in [3.63, 3.8) is 0 Å². The van der Waals surface area contributed by atoms with Crippen molar-refractivity contribution in [3.05, 3.63) is 63.5 Å². The highest BCUT2D eigenvalue weighted by atomic mass is 35.5. The molecule has 36 heavy (non-hydrogen) atoms. The summed E-state index contributed by atoms with van der Waals surface area (Å²) in [5, 5.41) is 11.6. The highest BCUT2D eigenvalue weighted by Crippen LogP contribution is 2.44. The molecule has 13 heteroatoms. The molecule has 6 N–H and O–H groups in total. The van der Waals surface area contributed by atoms with Crippen LogP contribution in [0.25, 0.3) is 0 Å². The Hall–Kier alpha value is -3.38. The molecular weight excluding hydrogens is 499 g/mol. The monoisotopic (exact) mass is 521 g/mol. The first kappa shape index (κ1) is 24.3. The predicted molar refractivity (Wildman–Crippen MR) is 125 cm³/mol. The average molecular weight is 522 g/mol. The maximum absolute atomic E-state index is 13.4. The van der Waals surface area contributed by atoms with Crippen LogP contribution in [0.2, 0.25) is 5.02 Å². The van der Waals surface area contributed by atoms with E-state index in [1.54, 1.807) is 0 Å². The van der Waals surface area contributed by atoms with Gasteiger partial charge < -0.3 is 21.4 Å². The molecular formula is C23H23ClF3N7O2. The largest absolute Gasteiger partial charge is 0.435 e. The molecule has 0 spiro atoms. The first-order valence-corrected chi connectivity index (χ1v) is 11.8. The van der Waals surface area contributed by atoms with E-state index < -0.39 is 17.8 Å². The fourth-order valence-corrected chi connectivity index (χ4v) is 4.53. The number of amides is 2. The van der Waals surface area contributed by atoms with Gasteiger partial charge in [-0.15, -0.1) is 0 Å². The number of anilines is 1. The molecule has 2 fully saturated rings. The van der Waals surface area contributed by atoms with Gasteiger partial charge in [0.05, 0.1) is 10.6 Å². The Morgan fingerprint density at radius 3 is 2.58 bits per heavy atom. The molecule has 5 rings (SSSR count). The van der Waals surface area contributed by atoms with Gasteiger partial charge in [0.1, 0.15) is 0 Å². The van der Waals surface area contributed by atoms with Gasteiger partial charge in [-0.1, -0.05) is 11.6 Å². The van der Waals surface area contributed by atoms with Gasteiger partial charge in [0.25, 0.3) is 11.8 Å². The number of nitrogens with zero attached hydrogens (tertiary/aromatic N) is 2. The molecule has 0 aliphatic heterocycles. The lowest BCUT2D eigenvalue weighted by molar-refractivity contribution is -0.141. The minimum atomic E-state index is -4.59. The van der Waals surface area contributed by atoms with Crippen molar-refractivity contribution in [2.45, 2.75) is 56.3 Å². The van der Waals surface area contributed by atoms with Crippen molar-refractivity contribution in [2.75, 3.05) is 5.32 Å². The molecule has 2 saturated carbocycles. The van der Waals surface area contributed by atoms with Crippen LogP contribution in [0, 0.1) is 0 Å². The van der Waals surface area contributed by atoms with Gasteiger partial charge in [-0.3, -0.25) is 14.7 Å². The van der Waals surface area contributed by atoms with Gasteiger partial charge in [-0.2, -0.15) is 18.3 Å². The number of alkyl halides is 3. The van der Waals surface area contributed by atoms with Crippen LogP contribution in [0.4, 0.5) is 18.9 Å². The van der Waals surface area contributed by atoms with E-state index in [9.17, 15) is 22.8 Å². The zero-order valence-electron chi connectivity index (χ0n) is 18.9. The minimum absolute atomic E-state index is 0.0192. The van der Waals surface area contributed by atoms with Gasteiger partial charge in [0.15, 0.2) is 11.5 Å². The number of hydrogen-bond donors (Lipinski definition) is 5. The lowest BCUT2D eigenvalue weighted by Gasteiger charge is -2.33. The highest BCUT2D eigenvalue weighted by molar-refractivity contribution is 6.34. The van der Waals surface area contributed by atoms with Gasteiger partial charge in [0, 0.05) is 53.3 Å². The number of hydrogen-bond acceptors (Lipinski definition) is 5. The number of nitrogens with two attached hydrogens (primary N) is 1. The third-order valence-corrected chi connectivity index (χ3v) is 6.66. The molecule has 0 saturated heterocycles. The smallest absolute Gasteiger partial charge is 0.349 e. The summed E-state index contributed by atoms with van der Waals surface area (Å²) in [6, 6.07) is 4.57. The van der Waals surface area contributed by atoms with Crippen LogP contribution in [0.5, 0.6) is 0 Å². The summed E-state index contributed by atoms with van der Waals surface area (Å²) in [6.45, 7) is 0. The maximum Gasteiger partial charge on any atom is 0.435 e. The van der Waals surface area contributed by atoms with Gasteiger partial charge in [-0.05, 0) is 43.9 Å². The molecule has 2 aliphatic carbocycles. The minimum Gasteiger partial charge on any atom is -0.349 e. The first-order chi connectivity index (χ1) is 17.1. The average Bonchev–Trinajstić information content (AvgIpc) is 3.35. The topological polar surface area (TPSA) is 142 Å². The summed E-state index contributed by atoms with van der Waals surface area (Å²) in [5.74, 6) is -0.971. The quantitative estimate of drug-likeness (QED) is 0.322. The van der Waals surface area contributed by atoms with Crippen LogP contribution in [0.3, 0.4) is 0 Å². The summed E-state index contributed by atoms with van der Waals surface area (Å²) < 4.78 is 40.3. The van der Waals surface area contributed by atoms with E-state index in [4.69, 9.17) is 17.3 Å². The summed E-state index contributed by atoms with van der Waals surface area (Å²) in [5.41, 5.74) is 6.25. The van der Waals surface area contributed by atoms with Crippen molar-refractivity contribution in [3.8, 4) is 0 Å². The molecule has 2 amide bonds. The van der Waals surface area contributed by atoms with E-state index >= 15 is 0 Å². The molecule has 0 radical (unpaired) electrons. The zero-order valence-corrected chi connectivity index (χ0v) is 19.6. The van der Waals surface area contributed by atoms with Crippen molar-refractivity contribution in [1.29, 1.82) is 0 Å². The number of imidazole rings is 1. The van der Waals surface area contributed by atoms with E-state index in [1.165, 1.54) is 24.4 Å². The maximum atomic E-state index is 13.4. The normalized spacial score (nSPS) is 19.6. The van der Waals surface area contributed by atoms with Crippen LogP contribution in [-0.4, -0.2) is 44.1 Å². The number of aromatic amines is 2. The van der Waals surface area contributed by atoms with Crippen LogP contribution in [0.15, 0.2) is 24.4 Å². The number of halogens is 4. The summed E-state index contributed by atoms with van der Waals surface area (Å²) in [6.07, 6.45) is -0.330. The predicted octanol–water partition coefficient (Wildman–Crippen LogP) is 3.75. The van der Waals surface area contributed by atoms with Crippen molar-refractivity contribution < 1.29 is 22.8 Å². The summed E-state index contributed by atoms with van der Waals surface area (Å²) >= 11 is 6.25. The molecule has 1 aromatic carbocycles. The van der Waals surface area contributed by atoms with Gasteiger partial charge in [-0.25, -0.2) is 4.98 Å². The lowest BCUT2D eigenvalue weighted by Crippen LogP contribution is -2.50. The molecule has 190 valence electrons. The summed E-state index contributed by atoms with van der Waals surface area (Å²) in [7, 11) is 0. The van der Waals surface area contributed by atoms with E-state index in [-0.39, 0.29) is 52.3 Å². The summed E-state index contributed by atoms with van der Waals surface area (Å²) in [4.78, 5) is 31.9. The Balaban J connectivity index is 1.25. The molecule has 2 aliphatic rings. The number of H-pyrrole nitrogens is 2. The number of rotatable bonds is 7. The van der Waals surface area contributed by atoms with E-state index in [0.717, 1.165) is 12.8 Å². The number of benzene rings is 1. The number of aromatic nitrogens is 4. The van der Waals surface area contributed by atoms with Crippen LogP contribution >= 0.6 is 11.6 Å². The molecule has 0 unspecified atom stereocenters. The third-order valence-electron chi connectivity index (χ3n) is 6.35. The Labute approximate surface area is 208 Å². The fourth-order valence-electron chi connectivity index (χ4n) is 4.27. The molecule has 0 bridgehead atoms. The molecule has 0 atom stereocenters. The van der Waals surface area contributed by atoms with Gasteiger partial charge in [0.2, 0.25) is 0 Å². The van der Waals surface area contributed by atoms with Crippen LogP contribution in [-0.2, 0) is 12.6 Å². The SMILES string of the molecule is NC1CC(NC(=O)c2ccc(NC(=O)c3ncc(Cc4c(C(F)(F)F)n[nH]c4C4CC4)[nH]3)cc2Cl)C1. The Bertz CT molecular complexity index is 1310. The van der Waals surface area contributed by atoms with Gasteiger partial charge >= 0.3 is 6.18 Å². The number of carbonyl (C=O) groups excluding carboxylic acids is 2. The van der Waals surface area contributed by atoms with E-state index in [0.29, 0.717) is 29.9 Å². The Morgan fingerprint density at radius 1 is 1.19 bits per heavy atom. The molecule has 3 aromatic rings. The standard InChI is InChI=1S/C23H23ClF3N7O2/c24-17-8-12(3-4-15(17)21(35)32-13-5-11(28)6-13)31-22(36)20-29-9-14(30-20)7-16-18(10-1-2-10)33-34-19(16)23(25,26)27/h3-4,8-11,13H,1-2,5-7,28H2,(H,29,30)(H,31,36)(H,32,35)(H,33,34). The zero-order chi connectivity index (χ0) is 25.6. The number of carbonyl (C=O) groups is 2. The van der Waals surface area contributed by atoms with Crippen molar-refractivity contribution in [1.82, 2.24) is 25.5 Å². The van der Waals surface area contributed by atoms with E-state index in [1.807, 2.05) is 0 Å². The second kappa shape index (κ2) is 9.25. The van der Waals surface area contributed by atoms with E-state index in [2.05, 4.69) is 30.8 Å². The second-order valence-electron chi connectivity index (χ2n) is 9.22. The lowest BCUT2D eigenvalue weighted by atomic mass is 9.87. The molecule has 9 nitrogen and oxygen atoms in total. The van der Waals surface area contributed by atoms with Crippen LogP contribution in [0.1, 0.15) is 75.2 Å². The van der Waals surface area contributed by atoms with Crippen molar-refractivity contribution >= 4 is 29.1 Å². The first-order valence-electron chi connectivity index (χ1n) is 11.4. The van der Waals surface area contributed by atoms with Crippen LogP contribution < -0.4 is 16.4 Å². The highest BCUT2D eigenvalue weighted by Gasteiger charge is 2.40. The Kier molecular flexibility index (Phi) is 6.25. The second-order valence-corrected chi connectivity index (χ2v) is 9.63. The third kappa shape index (κ3) is 5.09. The molecule has 2 heterocycles. The number of nitrogens with one attached hydrogen (secondary N) is 4.